The quantitative estimate of drug-likeness (QED) is 0.681. The molecule has 0 aliphatic carbocycles. The van der Waals surface area contributed by atoms with Gasteiger partial charge in [0.25, 0.3) is 0 Å². The molecule has 1 fully saturated rings. The lowest BCUT2D eigenvalue weighted by molar-refractivity contribution is -0.0950. The highest BCUT2D eigenvalue weighted by Crippen LogP contribution is 2.37. The molecule has 0 aromatic heterocycles. The summed E-state index contributed by atoms with van der Waals surface area (Å²) in [5.74, 6) is 0.0470. The van der Waals surface area contributed by atoms with Gasteiger partial charge in [-0.25, -0.2) is 9.18 Å². The average Bonchev–Trinajstić information content (AvgIpc) is 2.81. The molecule has 1 aliphatic rings. The van der Waals surface area contributed by atoms with Crippen LogP contribution in [-0.2, 0) is 21.7 Å². The Morgan fingerprint density at radius 2 is 1.97 bits per heavy atom. The van der Waals surface area contributed by atoms with Gasteiger partial charge in [0.15, 0.2) is 0 Å². The zero-order valence-corrected chi connectivity index (χ0v) is 17.7. The molecule has 2 aromatic rings. The van der Waals surface area contributed by atoms with Crippen LogP contribution in [0.5, 0.6) is 5.75 Å². The summed E-state index contributed by atoms with van der Waals surface area (Å²) in [4.78, 5) is 13.3. The zero-order chi connectivity index (χ0) is 22.3. The van der Waals surface area contributed by atoms with Crippen molar-refractivity contribution in [1.82, 2.24) is 5.32 Å². The zero-order valence-electron chi connectivity index (χ0n) is 17.7. The van der Waals surface area contributed by atoms with Crippen LogP contribution < -0.4 is 15.0 Å². The number of hydrogen-bond donors (Lipinski definition) is 1. The molecular formula is C23H26FN3O4. The molecule has 0 radical (unpaired) electrons. The van der Waals surface area contributed by atoms with E-state index >= 15 is 0 Å². The van der Waals surface area contributed by atoms with Gasteiger partial charge in [-0.15, -0.1) is 0 Å². The van der Waals surface area contributed by atoms with E-state index in [4.69, 9.17) is 19.5 Å². The minimum absolute atomic E-state index is 0.0535. The number of urea groups is 1. The number of benzene rings is 2. The Morgan fingerprint density at radius 1 is 1.26 bits per heavy atom. The highest BCUT2D eigenvalue weighted by Gasteiger charge is 2.35. The third-order valence-electron chi connectivity index (χ3n) is 5.44. The lowest BCUT2D eigenvalue weighted by Crippen LogP contribution is -2.37. The first-order chi connectivity index (χ1) is 15.0. The Bertz CT molecular complexity index is 937. The number of hydrogen-bond acceptors (Lipinski definition) is 5. The second-order valence-electron chi connectivity index (χ2n) is 7.32. The summed E-state index contributed by atoms with van der Waals surface area (Å²) < 4.78 is 31.3. The lowest BCUT2D eigenvalue weighted by atomic mass is 9.86. The molecule has 0 saturated carbocycles. The lowest BCUT2D eigenvalue weighted by Gasteiger charge is -2.36. The van der Waals surface area contributed by atoms with Crippen molar-refractivity contribution in [1.29, 1.82) is 5.26 Å². The predicted octanol–water partition coefficient (Wildman–Crippen LogP) is 3.73. The van der Waals surface area contributed by atoms with Gasteiger partial charge < -0.3 is 19.5 Å². The van der Waals surface area contributed by atoms with Gasteiger partial charge in [0, 0.05) is 52.0 Å². The molecule has 2 amide bonds. The molecule has 1 saturated heterocycles. The number of carbonyl (C=O) groups excluding carboxylic acids is 1. The Labute approximate surface area is 181 Å². The van der Waals surface area contributed by atoms with Crippen molar-refractivity contribution in [2.45, 2.75) is 25.0 Å². The Hall–Kier alpha value is -3.15. The van der Waals surface area contributed by atoms with Crippen molar-refractivity contribution in [3.63, 3.8) is 0 Å². The maximum absolute atomic E-state index is 14.3. The molecule has 2 aromatic carbocycles. The SMILES string of the molecule is COC1(c2cc(F)cc(OCc3ccc(N(C)C(=O)NCC#N)cc3)c2)CCOCC1. The van der Waals surface area contributed by atoms with Crippen LogP contribution in [-0.4, -0.2) is 39.9 Å². The number of nitrogens with zero attached hydrogens (tertiary/aromatic N) is 2. The van der Waals surface area contributed by atoms with E-state index in [0.717, 1.165) is 11.1 Å². The van der Waals surface area contributed by atoms with E-state index in [9.17, 15) is 9.18 Å². The van der Waals surface area contributed by atoms with E-state index in [1.54, 1.807) is 26.3 Å². The van der Waals surface area contributed by atoms with Crippen LogP contribution in [0.3, 0.4) is 0 Å². The van der Waals surface area contributed by atoms with Gasteiger partial charge in [-0.3, -0.25) is 4.90 Å². The number of ether oxygens (including phenoxy) is 3. The largest absolute Gasteiger partial charge is 0.489 e. The minimum atomic E-state index is -0.573. The number of carbonyl (C=O) groups is 1. The van der Waals surface area contributed by atoms with E-state index in [0.29, 0.717) is 37.5 Å². The van der Waals surface area contributed by atoms with E-state index in [-0.39, 0.29) is 25.0 Å². The Balaban J connectivity index is 1.67. The first kappa shape index (κ1) is 22.5. The number of nitriles is 1. The standard InChI is InChI=1S/C23H26FN3O4/c1-27(22(28)26-10-9-25)20-5-3-17(4-6-20)16-31-21-14-18(13-19(24)15-21)23(29-2)7-11-30-12-8-23/h3-6,13-15H,7-8,10-12,16H2,1-2H3,(H,26,28). The highest BCUT2D eigenvalue weighted by atomic mass is 19.1. The van der Waals surface area contributed by atoms with Crippen molar-refractivity contribution in [2.75, 3.05) is 38.8 Å². The van der Waals surface area contributed by atoms with Crippen LogP contribution in [0.15, 0.2) is 42.5 Å². The smallest absolute Gasteiger partial charge is 0.322 e. The highest BCUT2D eigenvalue weighted by molar-refractivity contribution is 5.91. The molecule has 0 atom stereocenters. The summed E-state index contributed by atoms with van der Waals surface area (Å²) in [6.07, 6.45) is 1.31. The average molecular weight is 427 g/mol. The molecule has 31 heavy (non-hydrogen) atoms. The fraction of sp³-hybridized carbons (Fsp3) is 0.391. The van der Waals surface area contributed by atoms with E-state index in [1.807, 2.05) is 24.3 Å². The van der Waals surface area contributed by atoms with Crippen LogP contribution in [0.1, 0.15) is 24.0 Å². The molecule has 3 rings (SSSR count). The van der Waals surface area contributed by atoms with Crippen molar-refractivity contribution in [3.05, 3.63) is 59.4 Å². The second kappa shape index (κ2) is 10.2. The van der Waals surface area contributed by atoms with Crippen molar-refractivity contribution >= 4 is 11.7 Å². The summed E-state index contributed by atoms with van der Waals surface area (Å²) in [5, 5.41) is 11.0. The number of amides is 2. The molecule has 7 nitrogen and oxygen atoms in total. The summed E-state index contributed by atoms with van der Waals surface area (Å²) in [7, 11) is 3.25. The van der Waals surface area contributed by atoms with Crippen LogP contribution in [0.4, 0.5) is 14.9 Å². The number of nitrogens with one attached hydrogen (secondary N) is 1. The first-order valence-electron chi connectivity index (χ1n) is 10.0. The van der Waals surface area contributed by atoms with E-state index < -0.39 is 5.60 Å². The van der Waals surface area contributed by atoms with Gasteiger partial charge in [0.05, 0.1) is 11.7 Å². The first-order valence-corrected chi connectivity index (χ1v) is 10.0. The molecule has 164 valence electrons. The molecule has 0 bridgehead atoms. The van der Waals surface area contributed by atoms with Crippen molar-refractivity contribution in [3.8, 4) is 11.8 Å². The summed E-state index contributed by atoms with van der Waals surface area (Å²) in [6, 6.07) is 13.4. The van der Waals surface area contributed by atoms with Crippen molar-refractivity contribution in [2.24, 2.45) is 0 Å². The third-order valence-corrected chi connectivity index (χ3v) is 5.44. The van der Waals surface area contributed by atoms with Gasteiger partial charge in [-0.05, 0) is 35.4 Å². The number of methoxy groups -OCH3 is 1. The second-order valence-corrected chi connectivity index (χ2v) is 7.32. The van der Waals surface area contributed by atoms with Gasteiger partial charge in [0.1, 0.15) is 24.7 Å². The maximum Gasteiger partial charge on any atom is 0.322 e. The van der Waals surface area contributed by atoms with Gasteiger partial charge >= 0.3 is 6.03 Å². The molecule has 0 spiro atoms. The van der Waals surface area contributed by atoms with Crippen LogP contribution in [0.2, 0.25) is 0 Å². The topological polar surface area (TPSA) is 83.8 Å². The normalized spacial score (nSPS) is 15.0. The Morgan fingerprint density at radius 3 is 2.61 bits per heavy atom. The summed E-state index contributed by atoms with van der Waals surface area (Å²) >= 11 is 0. The summed E-state index contributed by atoms with van der Waals surface area (Å²) in [5.41, 5.74) is 1.71. The predicted molar refractivity (Wildman–Crippen MR) is 113 cm³/mol. The maximum atomic E-state index is 14.3. The van der Waals surface area contributed by atoms with Crippen LogP contribution in [0.25, 0.3) is 0 Å². The molecule has 1 heterocycles. The van der Waals surface area contributed by atoms with Gasteiger partial charge in [-0.1, -0.05) is 12.1 Å². The summed E-state index contributed by atoms with van der Waals surface area (Å²) in [6.45, 7) is 1.32. The number of halogens is 1. The third kappa shape index (κ3) is 5.51. The molecule has 1 N–H and O–H groups in total. The molecular weight excluding hydrogens is 401 g/mol. The fourth-order valence-electron chi connectivity index (χ4n) is 3.55. The minimum Gasteiger partial charge on any atom is -0.489 e. The van der Waals surface area contributed by atoms with Crippen molar-refractivity contribution < 1.29 is 23.4 Å². The Kier molecular flexibility index (Phi) is 7.45. The van der Waals surface area contributed by atoms with E-state index in [2.05, 4.69) is 5.32 Å². The molecule has 8 heteroatoms. The molecule has 1 aliphatic heterocycles. The van der Waals surface area contributed by atoms with Gasteiger partial charge in [0.2, 0.25) is 0 Å². The number of anilines is 1. The monoisotopic (exact) mass is 427 g/mol. The van der Waals surface area contributed by atoms with Gasteiger partial charge in [-0.2, -0.15) is 5.26 Å². The van der Waals surface area contributed by atoms with Crippen LogP contribution in [0, 0.1) is 17.1 Å². The van der Waals surface area contributed by atoms with Crippen LogP contribution >= 0.6 is 0 Å². The number of rotatable bonds is 7. The fourth-order valence-corrected chi connectivity index (χ4v) is 3.55. The van der Waals surface area contributed by atoms with E-state index in [1.165, 1.54) is 17.0 Å². The molecule has 0 unspecified atom stereocenters.